The van der Waals surface area contributed by atoms with E-state index in [9.17, 15) is 9.59 Å². The van der Waals surface area contributed by atoms with E-state index in [4.69, 9.17) is 4.74 Å². The Morgan fingerprint density at radius 3 is 2.67 bits per heavy atom. The van der Waals surface area contributed by atoms with Gasteiger partial charge in [-0.25, -0.2) is 9.31 Å². The molecule has 0 unspecified atom stereocenters. The van der Waals surface area contributed by atoms with Crippen LogP contribution in [-0.4, -0.2) is 53.4 Å². The molecule has 2 N–H and O–H groups in total. The van der Waals surface area contributed by atoms with Gasteiger partial charge in [-0.05, 0) is 12.5 Å². The zero-order valence-electron chi connectivity index (χ0n) is 15.1. The highest BCUT2D eigenvalue weighted by Gasteiger charge is 2.24. The quantitative estimate of drug-likeness (QED) is 0.675. The molecule has 0 bridgehead atoms. The zero-order valence-corrected chi connectivity index (χ0v) is 15.1. The standard InChI is InChI=1S/C19H21N5O3/c1-2-27-19(26)14-12-24-16(18(25)21-14)15(13-6-4-3-5-7-13)17(22-24)23-10-8-20-9-11-23/h3-7,12,20H,2,8-11H2,1H3,(H,21,25). The van der Waals surface area contributed by atoms with Gasteiger partial charge in [-0.3, -0.25) is 4.79 Å². The van der Waals surface area contributed by atoms with E-state index < -0.39 is 5.97 Å². The summed E-state index contributed by atoms with van der Waals surface area (Å²) in [6.45, 7) is 5.26. The van der Waals surface area contributed by atoms with Crippen LogP contribution in [0.4, 0.5) is 5.82 Å². The fourth-order valence-corrected chi connectivity index (χ4v) is 3.35. The minimum atomic E-state index is -0.572. The Balaban J connectivity index is 1.93. The lowest BCUT2D eigenvalue weighted by molar-refractivity contribution is 0.0518. The molecule has 0 radical (unpaired) electrons. The average molecular weight is 367 g/mol. The van der Waals surface area contributed by atoms with Crippen LogP contribution in [0.15, 0.2) is 41.3 Å². The number of carbonyl (C=O) groups excluding carboxylic acids is 1. The third kappa shape index (κ3) is 3.19. The first-order valence-electron chi connectivity index (χ1n) is 9.03. The number of ether oxygens (including phenoxy) is 1. The molecule has 27 heavy (non-hydrogen) atoms. The third-order valence-electron chi connectivity index (χ3n) is 4.58. The molecule has 3 aromatic rings. The predicted molar refractivity (Wildman–Crippen MR) is 102 cm³/mol. The van der Waals surface area contributed by atoms with Gasteiger partial charge in [-0.1, -0.05) is 30.3 Å². The van der Waals surface area contributed by atoms with Gasteiger partial charge in [0, 0.05) is 26.2 Å². The normalized spacial score (nSPS) is 14.5. The summed E-state index contributed by atoms with van der Waals surface area (Å²) in [6, 6.07) is 9.72. The van der Waals surface area contributed by atoms with Gasteiger partial charge >= 0.3 is 5.97 Å². The molecule has 0 spiro atoms. The molecule has 1 saturated heterocycles. The van der Waals surface area contributed by atoms with Gasteiger partial charge in [0.2, 0.25) is 0 Å². The lowest BCUT2D eigenvalue weighted by atomic mass is 10.1. The first kappa shape index (κ1) is 17.3. The van der Waals surface area contributed by atoms with Crippen LogP contribution in [0.5, 0.6) is 0 Å². The molecule has 2 aromatic heterocycles. The van der Waals surface area contributed by atoms with E-state index in [-0.39, 0.29) is 17.9 Å². The van der Waals surface area contributed by atoms with E-state index in [1.165, 1.54) is 10.7 Å². The minimum Gasteiger partial charge on any atom is -0.461 e. The van der Waals surface area contributed by atoms with Crippen LogP contribution in [0.1, 0.15) is 17.4 Å². The second kappa shape index (κ2) is 7.24. The molecule has 1 aliphatic heterocycles. The van der Waals surface area contributed by atoms with Gasteiger partial charge in [0.1, 0.15) is 11.2 Å². The number of aromatic nitrogens is 3. The van der Waals surface area contributed by atoms with Crippen LogP contribution in [0.3, 0.4) is 0 Å². The van der Waals surface area contributed by atoms with Crippen molar-refractivity contribution in [2.75, 3.05) is 37.7 Å². The Morgan fingerprint density at radius 2 is 1.96 bits per heavy atom. The maximum absolute atomic E-state index is 12.8. The summed E-state index contributed by atoms with van der Waals surface area (Å²) in [5, 5.41) is 7.99. The fourth-order valence-electron chi connectivity index (χ4n) is 3.35. The number of fused-ring (bicyclic) bond motifs is 1. The molecule has 4 rings (SSSR count). The molecule has 8 nitrogen and oxygen atoms in total. The lowest BCUT2D eigenvalue weighted by Gasteiger charge is -2.28. The van der Waals surface area contributed by atoms with Crippen LogP contribution < -0.4 is 15.8 Å². The summed E-state index contributed by atoms with van der Waals surface area (Å²) in [6.07, 6.45) is 1.52. The van der Waals surface area contributed by atoms with Crippen molar-refractivity contribution >= 4 is 17.3 Å². The van der Waals surface area contributed by atoms with Crippen LogP contribution >= 0.6 is 0 Å². The molecule has 1 aliphatic rings. The highest BCUT2D eigenvalue weighted by atomic mass is 16.5. The van der Waals surface area contributed by atoms with Gasteiger partial charge in [-0.2, -0.15) is 0 Å². The number of aromatic amines is 1. The number of carbonyl (C=O) groups is 1. The van der Waals surface area contributed by atoms with Crippen molar-refractivity contribution in [3.8, 4) is 11.1 Å². The smallest absolute Gasteiger partial charge is 0.356 e. The number of anilines is 1. The highest BCUT2D eigenvalue weighted by Crippen LogP contribution is 2.33. The Hall–Kier alpha value is -3.13. The molecular weight excluding hydrogens is 346 g/mol. The van der Waals surface area contributed by atoms with Gasteiger partial charge < -0.3 is 19.9 Å². The first-order valence-corrected chi connectivity index (χ1v) is 9.03. The third-order valence-corrected chi connectivity index (χ3v) is 4.58. The number of hydrogen-bond acceptors (Lipinski definition) is 6. The van der Waals surface area contributed by atoms with E-state index in [1.54, 1.807) is 6.92 Å². The van der Waals surface area contributed by atoms with Gasteiger partial charge in [0.05, 0.1) is 18.4 Å². The highest BCUT2D eigenvalue weighted by molar-refractivity contribution is 5.91. The van der Waals surface area contributed by atoms with Crippen LogP contribution in [0, 0.1) is 0 Å². The number of H-pyrrole nitrogens is 1. The summed E-state index contributed by atoms with van der Waals surface area (Å²) in [5.41, 5.74) is 1.82. The summed E-state index contributed by atoms with van der Waals surface area (Å²) < 4.78 is 6.49. The van der Waals surface area contributed by atoms with E-state index in [0.29, 0.717) is 5.52 Å². The average Bonchev–Trinajstić information content (AvgIpc) is 3.09. The van der Waals surface area contributed by atoms with Crippen molar-refractivity contribution in [2.24, 2.45) is 0 Å². The van der Waals surface area contributed by atoms with Crippen molar-refractivity contribution in [3.63, 3.8) is 0 Å². The van der Waals surface area contributed by atoms with Gasteiger partial charge in [0.25, 0.3) is 5.56 Å². The monoisotopic (exact) mass is 367 g/mol. The van der Waals surface area contributed by atoms with Crippen LogP contribution in [0.2, 0.25) is 0 Å². The second-order valence-electron chi connectivity index (χ2n) is 6.31. The van der Waals surface area contributed by atoms with Crippen molar-refractivity contribution in [1.82, 2.24) is 19.9 Å². The summed E-state index contributed by atoms with van der Waals surface area (Å²) in [5.74, 6) is 0.172. The second-order valence-corrected chi connectivity index (χ2v) is 6.31. The maximum atomic E-state index is 12.8. The Kier molecular flexibility index (Phi) is 4.64. The molecule has 0 amide bonds. The molecule has 3 heterocycles. The number of nitrogens with one attached hydrogen (secondary N) is 2. The van der Waals surface area contributed by atoms with Gasteiger partial charge in [-0.15, -0.1) is 5.10 Å². The van der Waals surface area contributed by atoms with E-state index in [1.807, 2.05) is 30.3 Å². The van der Waals surface area contributed by atoms with Crippen molar-refractivity contribution in [2.45, 2.75) is 6.92 Å². The summed E-state index contributed by atoms with van der Waals surface area (Å²) >= 11 is 0. The van der Waals surface area contributed by atoms with Crippen molar-refractivity contribution in [1.29, 1.82) is 0 Å². The molecule has 8 heteroatoms. The first-order chi connectivity index (χ1) is 13.2. The topological polar surface area (TPSA) is 91.7 Å². The Morgan fingerprint density at radius 1 is 1.22 bits per heavy atom. The lowest BCUT2D eigenvalue weighted by Crippen LogP contribution is -2.43. The number of piperazine rings is 1. The number of esters is 1. The number of benzene rings is 1. The Labute approximate surface area is 155 Å². The molecule has 0 atom stereocenters. The van der Waals surface area contributed by atoms with Gasteiger partial charge in [0.15, 0.2) is 5.82 Å². The summed E-state index contributed by atoms with van der Waals surface area (Å²) in [7, 11) is 0. The van der Waals surface area contributed by atoms with E-state index in [0.717, 1.165) is 43.1 Å². The molecule has 0 saturated carbocycles. The molecule has 1 aromatic carbocycles. The molecule has 1 fully saturated rings. The number of nitrogens with zero attached hydrogens (tertiary/aromatic N) is 3. The zero-order chi connectivity index (χ0) is 18.8. The number of hydrogen-bond donors (Lipinski definition) is 2. The van der Waals surface area contributed by atoms with Crippen LogP contribution in [-0.2, 0) is 4.74 Å². The van der Waals surface area contributed by atoms with Crippen molar-refractivity contribution < 1.29 is 9.53 Å². The van der Waals surface area contributed by atoms with Crippen LogP contribution in [0.25, 0.3) is 16.6 Å². The largest absolute Gasteiger partial charge is 0.461 e. The predicted octanol–water partition coefficient (Wildman–Crippen LogP) is 1.28. The fraction of sp³-hybridized carbons (Fsp3) is 0.316. The molecule has 140 valence electrons. The number of rotatable bonds is 4. The summed E-state index contributed by atoms with van der Waals surface area (Å²) in [4.78, 5) is 29.7. The maximum Gasteiger partial charge on any atom is 0.356 e. The Bertz CT molecular complexity index is 1020. The minimum absolute atomic E-state index is 0.0864. The van der Waals surface area contributed by atoms with E-state index in [2.05, 4.69) is 20.3 Å². The molecular formula is C19H21N5O3. The molecule has 0 aliphatic carbocycles. The van der Waals surface area contributed by atoms with Crippen molar-refractivity contribution in [3.05, 3.63) is 52.6 Å². The SMILES string of the molecule is CCOC(=O)c1cn2nc(N3CCNCC3)c(-c3ccccc3)c2c(=O)[nH]1. The van der Waals surface area contributed by atoms with E-state index >= 15 is 0 Å².